The predicted molar refractivity (Wildman–Crippen MR) is 48.2 cm³/mol. The smallest absolute Gasteiger partial charge is 0.231 e. The molecule has 0 aromatic heterocycles. The molecule has 1 aromatic rings. The summed E-state index contributed by atoms with van der Waals surface area (Å²) in [5, 5.41) is 2.84. The highest BCUT2D eigenvalue weighted by atomic mass is 16.2. The molecule has 1 unspecified atom stereocenters. The molecule has 1 amide bonds. The van der Waals surface area contributed by atoms with Crippen LogP contribution in [0.2, 0.25) is 0 Å². The van der Waals surface area contributed by atoms with Crippen molar-refractivity contribution < 1.29 is 4.79 Å². The van der Waals surface area contributed by atoms with Crippen molar-refractivity contribution in [3.8, 4) is 0 Å². The molecule has 2 nitrogen and oxygen atoms in total. The number of rotatable bonds is 0. The minimum atomic E-state index is 0.0138. The Morgan fingerprint density at radius 3 is 2.92 bits per heavy atom. The second-order valence-electron chi connectivity index (χ2n) is 3.30. The molecule has 2 rings (SSSR count). The van der Waals surface area contributed by atoms with Crippen LogP contribution < -0.4 is 5.32 Å². The summed E-state index contributed by atoms with van der Waals surface area (Å²) in [6.07, 6.45) is 0. The lowest BCUT2D eigenvalue weighted by Crippen LogP contribution is -2.08. The van der Waals surface area contributed by atoms with Gasteiger partial charge in [0.1, 0.15) is 0 Å². The van der Waals surface area contributed by atoms with Crippen molar-refractivity contribution in [2.24, 2.45) is 0 Å². The molecule has 0 radical (unpaired) electrons. The van der Waals surface area contributed by atoms with E-state index < -0.39 is 0 Å². The Morgan fingerprint density at radius 2 is 2.17 bits per heavy atom. The summed E-state index contributed by atoms with van der Waals surface area (Å²) >= 11 is 0. The van der Waals surface area contributed by atoms with Gasteiger partial charge in [-0.15, -0.1) is 0 Å². The van der Waals surface area contributed by atoms with Gasteiger partial charge in [-0.3, -0.25) is 4.79 Å². The monoisotopic (exact) mass is 161 g/mol. The van der Waals surface area contributed by atoms with E-state index in [-0.39, 0.29) is 11.8 Å². The second kappa shape index (κ2) is 2.34. The summed E-state index contributed by atoms with van der Waals surface area (Å²) in [5.74, 6) is 0.121. The summed E-state index contributed by atoms with van der Waals surface area (Å²) < 4.78 is 0. The number of benzene rings is 1. The first-order valence-corrected chi connectivity index (χ1v) is 4.10. The summed E-state index contributed by atoms with van der Waals surface area (Å²) in [7, 11) is 0. The molecule has 1 aliphatic heterocycles. The van der Waals surface area contributed by atoms with Crippen molar-refractivity contribution >= 4 is 11.6 Å². The summed E-state index contributed by atoms with van der Waals surface area (Å²) in [6.45, 7) is 3.97. The molecule has 1 atom stereocenters. The standard InChI is InChI=1S/C10H11NO/c1-6-3-4-9-8(5-6)7(2)10(12)11-9/h3-5,7H,1-2H3,(H,11,12). The van der Waals surface area contributed by atoms with Gasteiger partial charge in [0.2, 0.25) is 5.91 Å². The van der Waals surface area contributed by atoms with Gasteiger partial charge in [0, 0.05) is 5.69 Å². The SMILES string of the molecule is Cc1ccc2c(c1)C(C)C(=O)N2. The van der Waals surface area contributed by atoms with E-state index in [1.54, 1.807) is 0 Å². The highest BCUT2D eigenvalue weighted by Gasteiger charge is 2.25. The first kappa shape index (κ1) is 7.35. The van der Waals surface area contributed by atoms with Crippen LogP contribution in [-0.2, 0) is 4.79 Å². The number of aryl methyl sites for hydroxylation is 1. The van der Waals surface area contributed by atoms with E-state index in [0.717, 1.165) is 11.3 Å². The van der Waals surface area contributed by atoms with Crippen molar-refractivity contribution in [2.75, 3.05) is 5.32 Å². The molecule has 62 valence electrons. The van der Waals surface area contributed by atoms with Crippen molar-refractivity contribution in [3.63, 3.8) is 0 Å². The molecule has 1 N–H and O–H groups in total. The van der Waals surface area contributed by atoms with Gasteiger partial charge in [0.15, 0.2) is 0 Å². The fraction of sp³-hybridized carbons (Fsp3) is 0.300. The summed E-state index contributed by atoms with van der Waals surface area (Å²) in [4.78, 5) is 11.2. The van der Waals surface area contributed by atoms with Crippen LogP contribution >= 0.6 is 0 Å². The first-order chi connectivity index (χ1) is 5.68. The molecule has 0 aliphatic carbocycles. The lowest BCUT2D eigenvalue weighted by molar-refractivity contribution is -0.116. The fourth-order valence-corrected chi connectivity index (χ4v) is 1.54. The highest BCUT2D eigenvalue weighted by Crippen LogP contribution is 2.32. The number of carbonyl (C=O) groups is 1. The zero-order valence-corrected chi connectivity index (χ0v) is 7.22. The largest absolute Gasteiger partial charge is 0.325 e. The van der Waals surface area contributed by atoms with Crippen molar-refractivity contribution in [2.45, 2.75) is 19.8 Å². The Morgan fingerprint density at radius 1 is 1.42 bits per heavy atom. The topological polar surface area (TPSA) is 29.1 Å². The Kier molecular flexibility index (Phi) is 1.43. The Bertz CT molecular complexity index is 344. The van der Waals surface area contributed by atoms with Crippen LogP contribution in [-0.4, -0.2) is 5.91 Å². The van der Waals surface area contributed by atoms with Crippen molar-refractivity contribution in [1.82, 2.24) is 0 Å². The number of amides is 1. The zero-order chi connectivity index (χ0) is 8.72. The van der Waals surface area contributed by atoms with E-state index in [1.165, 1.54) is 5.56 Å². The maximum absolute atomic E-state index is 11.2. The van der Waals surface area contributed by atoms with E-state index in [2.05, 4.69) is 11.4 Å². The van der Waals surface area contributed by atoms with E-state index in [1.807, 2.05) is 26.0 Å². The van der Waals surface area contributed by atoms with Crippen molar-refractivity contribution in [1.29, 1.82) is 0 Å². The van der Waals surface area contributed by atoms with Crippen LogP contribution in [0.25, 0.3) is 0 Å². The molecule has 0 saturated heterocycles. The molecular weight excluding hydrogens is 150 g/mol. The third kappa shape index (κ3) is 0.916. The molecular formula is C10H11NO. The maximum atomic E-state index is 11.2. The molecule has 0 saturated carbocycles. The van der Waals surface area contributed by atoms with E-state index in [0.29, 0.717) is 0 Å². The minimum Gasteiger partial charge on any atom is -0.325 e. The van der Waals surface area contributed by atoms with E-state index in [4.69, 9.17) is 0 Å². The first-order valence-electron chi connectivity index (χ1n) is 4.10. The average Bonchev–Trinajstić information content (AvgIpc) is 2.31. The molecule has 12 heavy (non-hydrogen) atoms. The molecule has 1 aliphatic rings. The normalized spacial score (nSPS) is 20.5. The Balaban J connectivity index is 2.55. The lowest BCUT2D eigenvalue weighted by Gasteiger charge is -2.00. The maximum Gasteiger partial charge on any atom is 0.231 e. The average molecular weight is 161 g/mol. The number of carbonyl (C=O) groups excluding carboxylic acids is 1. The molecule has 0 bridgehead atoms. The fourth-order valence-electron chi connectivity index (χ4n) is 1.54. The third-order valence-corrected chi connectivity index (χ3v) is 2.32. The molecule has 2 heteroatoms. The minimum absolute atomic E-state index is 0.0138. The van der Waals surface area contributed by atoms with Crippen LogP contribution in [0.15, 0.2) is 18.2 Å². The number of hydrogen-bond acceptors (Lipinski definition) is 1. The molecule has 1 aromatic carbocycles. The lowest BCUT2D eigenvalue weighted by atomic mass is 10.0. The van der Waals surface area contributed by atoms with Crippen molar-refractivity contribution in [3.05, 3.63) is 29.3 Å². The Hall–Kier alpha value is -1.31. The van der Waals surface area contributed by atoms with Gasteiger partial charge in [-0.25, -0.2) is 0 Å². The zero-order valence-electron chi connectivity index (χ0n) is 7.22. The summed E-state index contributed by atoms with van der Waals surface area (Å²) in [6, 6.07) is 6.04. The van der Waals surface area contributed by atoms with Gasteiger partial charge >= 0.3 is 0 Å². The van der Waals surface area contributed by atoms with Crippen LogP contribution in [0.5, 0.6) is 0 Å². The third-order valence-electron chi connectivity index (χ3n) is 2.32. The van der Waals surface area contributed by atoms with Gasteiger partial charge < -0.3 is 5.32 Å². The summed E-state index contributed by atoms with van der Waals surface area (Å²) in [5.41, 5.74) is 3.30. The van der Waals surface area contributed by atoms with E-state index in [9.17, 15) is 4.79 Å². The number of hydrogen-bond donors (Lipinski definition) is 1. The quantitative estimate of drug-likeness (QED) is 0.620. The molecule has 0 spiro atoms. The van der Waals surface area contributed by atoms with Gasteiger partial charge in [0.25, 0.3) is 0 Å². The highest BCUT2D eigenvalue weighted by molar-refractivity contribution is 6.02. The number of anilines is 1. The number of nitrogens with one attached hydrogen (secondary N) is 1. The predicted octanol–water partition coefficient (Wildman–Crippen LogP) is 2.05. The number of fused-ring (bicyclic) bond motifs is 1. The van der Waals surface area contributed by atoms with E-state index >= 15 is 0 Å². The van der Waals surface area contributed by atoms with Gasteiger partial charge in [-0.1, -0.05) is 17.7 Å². The van der Waals surface area contributed by atoms with Crippen LogP contribution in [0.4, 0.5) is 5.69 Å². The van der Waals surface area contributed by atoms with Crippen LogP contribution in [0.3, 0.4) is 0 Å². The van der Waals surface area contributed by atoms with Gasteiger partial charge in [-0.05, 0) is 25.5 Å². The van der Waals surface area contributed by atoms with Gasteiger partial charge in [-0.2, -0.15) is 0 Å². The Labute approximate surface area is 71.6 Å². The molecule has 0 fully saturated rings. The molecule has 1 heterocycles. The van der Waals surface area contributed by atoms with Crippen LogP contribution in [0, 0.1) is 6.92 Å². The van der Waals surface area contributed by atoms with Crippen LogP contribution in [0.1, 0.15) is 24.0 Å². The second-order valence-corrected chi connectivity index (χ2v) is 3.30. The van der Waals surface area contributed by atoms with Gasteiger partial charge in [0.05, 0.1) is 5.92 Å².